The van der Waals surface area contributed by atoms with Crippen LogP contribution in [-0.2, 0) is 31.2 Å². The topological polar surface area (TPSA) is 74.2 Å². The number of carbonyl (C=O) groups is 1. The van der Waals surface area contributed by atoms with E-state index >= 15 is 0 Å². The van der Waals surface area contributed by atoms with Crippen molar-refractivity contribution in [2.24, 2.45) is 0 Å². The molecule has 1 fully saturated rings. The first-order valence-corrected chi connectivity index (χ1v) is 9.98. The highest BCUT2D eigenvalue weighted by atomic mass is 16.6. The second kappa shape index (κ2) is 9.20. The summed E-state index contributed by atoms with van der Waals surface area (Å²) in [6.07, 6.45) is 0. The molecule has 1 heterocycles. The molecular weight excluding hydrogens is 396 g/mol. The molecule has 1 saturated heterocycles. The molecule has 1 N–H and O–H groups in total. The molecule has 0 amide bonds. The third kappa shape index (κ3) is 4.87. The van der Waals surface area contributed by atoms with Crippen LogP contribution < -0.4 is 4.74 Å². The first-order valence-electron chi connectivity index (χ1n) is 9.98. The summed E-state index contributed by atoms with van der Waals surface area (Å²) in [5.74, 6) is 0.554. The van der Waals surface area contributed by atoms with E-state index in [9.17, 15) is 9.90 Å². The summed E-state index contributed by atoms with van der Waals surface area (Å²) < 4.78 is 21.7. The molecular formula is C25H24O6. The summed E-state index contributed by atoms with van der Waals surface area (Å²) >= 11 is 0. The summed E-state index contributed by atoms with van der Waals surface area (Å²) in [6, 6.07) is 22.8. The minimum atomic E-state index is -0.623. The first-order chi connectivity index (χ1) is 15.1. The SMILES string of the molecule is COC(=O)COC1(c2ccc(OCc3cccc(-c4cccc(O)c4)c3)cc2)COC1. The number of phenolic OH excluding ortho intramolecular Hbond substituents is 1. The zero-order valence-electron chi connectivity index (χ0n) is 17.2. The summed E-state index contributed by atoms with van der Waals surface area (Å²) in [4.78, 5) is 11.4. The Labute approximate surface area is 181 Å². The second-order valence-electron chi connectivity index (χ2n) is 7.42. The summed E-state index contributed by atoms with van der Waals surface area (Å²) in [7, 11) is 1.33. The lowest BCUT2D eigenvalue weighted by atomic mass is 9.91. The highest BCUT2D eigenvalue weighted by molar-refractivity contribution is 5.70. The van der Waals surface area contributed by atoms with Gasteiger partial charge >= 0.3 is 5.97 Å². The Bertz CT molecular complexity index is 1040. The number of aromatic hydroxyl groups is 1. The highest BCUT2D eigenvalue weighted by Crippen LogP contribution is 2.34. The molecule has 3 aromatic rings. The van der Waals surface area contributed by atoms with E-state index in [0.29, 0.717) is 19.8 Å². The molecule has 0 radical (unpaired) electrons. The van der Waals surface area contributed by atoms with Crippen molar-refractivity contribution in [1.29, 1.82) is 0 Å². The fourth-order valence-electron chi connectivity index (χ4n) is 3.42. The van der Waals surface area contributed by atoms with Crippen molar-refractivity contribution < 1.29 is 28.8 Å². The Morgan fingerprint density at radius 3 is 2.35 bits per heavy atom. The van der Waals surface area contributed by atoms with Crippen LogP contribution in [-0.4, -0.2) is 38.0 Å². The Kier molecular flexibility index (Phi) is 6.21. The molecule has 0 atom stereocenters. The van der Waals surface area contributed by atoms with Crippen LogP contribution >= 0.6 is 0 Å². The molecule has 6 heteroatoms. The van der Waals surface area contributed by atoms with Gasteiger partial charge in [0.1, 0.15) is 30.3 Å². The standard InChI is InChI=1S/C25H24O6/c1-28-24(27)15-31-25(16-29-17-25)21-8-10-23(11-9-21)30-14-18-4-2-5-19(12-18)20-6-3-7-22(26)13-20/h2-13,26H,14-17H2,1H3. The predicted molar refractivity (Wildman–Crippen MR) is 115 cm³/mol. The highest BCUT2D eigenvalue weighted by Gasteiger charge is 2.42. The smallest absolute Gasteiger partial charge is 0.331 e. The molecule has 0 bridgehead atoms. The van der Waals surface area contributed by atoms with Crippen LogP contribution in [0.2, 0.25) is 0 Å². The monoisotopic (exact) mass is 420 g/mol. The Morgan fingerprint density at radius 2 is 1.71 bits per heavy atom. The maximum Gasteiger partial charge on any atom is 0.331 e. The van der Waals surface area contributed by atoms with Gasteiger partial charge in [-0.3, -0.25) is 0 Å². The minimum absolute atomic E-state index is 0.117. The number of hydrogen-bond donors (Lipinski definition) is 1. The summed E-state index contributed by atoms with van der Waals surface area (Å²) in [5, 5.41) is 9.71. The van der Waals surface area contributed by atoms with Crippen molar-refractivity contribution >= 4 is 5.97 Å². The summed E-state index contributed by atoms with van der Waals surface area (Å²) in [5.41, 5.74) is 3.30. The molecule has 4 rings (SSSR count). The van der Waals surface area contributed by atoms with Crippen LogP contribution in [0.15, 0.2) is 72.8 Å². The molecule has 3 aromatic carbocycles. The van der Waals surface area contributed by atoms with Gasteiger partial charge in [-0.1, -0.05) is 42.5 Å². The molecule has 0 aromatic heterocycles. The number of rotatable bonds is 8. The van der Waals surface area contributed by atoms with E-state index in [0.717, 1.165) is 28.0 Å². The fourth-order valence-corrected chi connectivity index (χ4v) is 3.42. The Hall–Kier alpha value is -3.35. The van der Waals surface area contributed by atoms with E-state index in [-0.39, 0.29) is 12.4 Å². The molecule has 0 saturated carbocycles. The van der Waals surface area contributed by atoms with Gasteiger partial charge in [-0.25, -0.2) is 4.79 Å². The maximum atomic E-state index is 11.4. The lowest BCUT2D eigenvalue weighted by Gasteiger charge is -2.41. The number of carbonyl (C=O) groups excluding carboxylic acids is 1. The minimum Gasteiger partial charge on any atom is -0.508 e. The number of methoxy groups -OCH3 is 1. The van der Waals surface area contributed by atoms with Crippen LogP contribution in [0.4, 0.5) is 0 Å². The molecule has 0 unspecified atom stereocenters. The lowest BCUT2D eigenvalue weighted by molar-refractivity contribution is -0.220. The lowest BCUT2D eigenvalue weighted by Crippen LogP contribution is -2.49. The van der Waals surface area contributed by atoms with E-state index in [1.54, 1.807) is 12.1 Å². The van der Waals surface area contributed by atoms with Crippen LogP contribution in [0.3, 0.4) is 0 Å². The molecule has 0 spiro atoms. The number of ether oxygens (including phenoxy) is 4. The molecule has 0 aliphatic carbocycles. The van der Waals surface area contributed by atoms with Crippen LogP contribution in [0.25, 0.3) is 11.1 Å². The van der Waals surface area contributed by atoms with E-state index < -0.39 is 11.6 Å². The normalized spacial score (nSPS) is 14.5. The molecule has 1 aliphatic heterocycles. The van der Waals surface area contributed by atoms with Gasteiger partial charge in [-0.15, -0.1) is 0 Å². The third-order valence-electron chi connectivity index (χ3n) is 5.26. The van der Waals surface area contributed by atoms with Crippen molar-refractivity contribution in [3.8, 4) is 22.6 Å². The molecule has 6 nitrogen and oxygen atoms in total. The quantitative estimate of drug-likeness (QED) is 0.554. The van der Waals surface area contributed by atoms with Crippen molar-refractivity contribution in [2.45, 2.75) is 12.2 Å². The average Bonchev–Trinajstić information content (AvgIpc) is 2.78. The van der Waals surface area contributed by atoms with Crippen LogP contribution in [0.1, 0.15) is 11.1 Å². The van der Waals surface area contributed by atoms with E-state index in [1.165, 1.54) is 7.11 Å². The fraction of sp³-hybridized carbons (Fsp3) is 0.240. The van der Waals surface area contributed by atoms with Crippen molar-refractivity contribution in [3.05, 3.63) is 83.9 Å². The molecule has 1 aliphatic rings. The van der Waals surface area contributed by atoms with Crippen molar-refractivity contribution in [2.75, 3.05) is 26.9 Å². The molecule has 160 valence electrons. The Balaban J connectivity index is 1.40. The number of hydrogen-bond acceptors (Lipinski definition) is 6. The van der Waals surface area contributed by atoms with Crippen LogP contribution in [0.5, 0.6) is 11.5 Å². The van der Waals surface area contributed by atoms with Crippen molar-refractivity contribution in [3.63, 3.8) is 0 Å². The van der Waals surface area contributed by atoms with E-state index in [2.05, 4.69) is 4.74 Å². The average molecular weight is 420 g/mol. The number of phenols is 1. The van der Waals surface area contributed by atoms with Gasteiger partial charge < -0.3 is 24.1 Å². The number of esters is 1. The summed E-state index contributed by atoms with van der Waals surface area (Å²) in [6.45, 7) is 1.09. The van der Waals surface area contributed by atoms with Gasteiger partial charge in [0.2, 0.25) is 0 Å². The van der Waals surface area contributed by atoms with E-state index in [4.69, 9.17) is 14.2 Å². The number of benzene rings is 3. The molecule has 31 heavy (non-hydrogen) atoms. The van der Waals surface area contributed by atoms with Gasteiger partial charge in [0, 0.05) is 0 Å². The van der Waals surface area contributed by atoms with Gasteiger partial charge in [0.05, 0.1) is 20.3 Å². The van der Waals surface area contributed by atoms with Crippen molar-refractivity contribution in [1.82, 2.24) is 0 Å². The predicted octanol–water partition coefficient (Wildman–Crippen LogP) is 4.05. The first kappa shape index (κ1) is 20.9. The zero-order chi connectivity index (χ0) is 21.7. The second-order valence-corrected chi connectivity index (χ2v) is 7.42. The van der Waals surface area contributed by atoms with Gasteiger partial charge in [0.25, 0.3) is 0 Å². The third-order valence-corrected chi connectivity index (χ3v) is 5.26. The van der Waals surface area contributed by atoms with Gasteiger partial charge in [-0.2, -0.15) is 0 Å². The maximum absolute atomic E-state index is 11.4. The van der Waals surface area contributed by atoms with E-state index in [1.807, 2.05) is 60.7 Å². The van der Waals surface area contributed by atoms with Gasteiger partial charge in [0.15, 0.2) is 0 Å². The van der Waals surface area contributed by atoms with Crippen LogP contribution in [0, 0.1) is 0 Å². The zero-order valence-corrected chi connectivity index (χ0v) is 17.2. The Morgan fingerprint density at radius 1 is 1.00 bits per heavy atom. The van der Waals surface area contributed by atoms with Gasteiger partial charge in [-0.05, 0) is 52.6 Å². The largest absolute Gasteiger partial charge is 0.508 e.